The van der Waals surface area contributed by atoms with Crippen molar-refractivity contribution >= 4 is 33.8 Å². The van der Waals surface area contributed by atoms with Gasteiger partial charge < -0.3 is 5.32 Å². The fourth-order valence-corrected chi connectivity index (χ4v) is 3.42. The summed E-state index contributed by atoms with van der Waals surface area (Å²) in [6.07, 6.45) is 8.52. The molecule has 2 N–H and O–H groups in total. The number of aromatic amines is 1. The van der Waals surface area contributed by atoms with Crippen LogP contribution in [-0.2, 0) is 4.79 Å². The Morgan fingerprint density at radius 3 is 2.74 bits per heavy atom. The maximum Gasteiger partial charge on any atom is 0.260 e. The van der Waals surface area contributed by atoms with Gasteiger partial charge in [-0.1, -0.05) is 12.7 Å². The van der Waals surface area contributed by atoms with Gasteiger partial charge in [-0.05, 0) is 48.8 Å². The van der Waals surface area contributed by atoms with Gasteiger partial charge in [0.25, 0.3) is 5.92 Å². The molecule has 158 valence electrons. The lowest BCUT2D eigenvalue weighted by molar-refractivity contribution is -0.119. The van der Waals surface area contributed by atoms with Crippen LogP contribution in [0.3, 0.4) is 0 Å². The highest BCUT2D eigenvalue weighted by molar-refractivity contribution is 5.96. The Labute approximate surface area is 177 Å². The van der Waals surface area contributed by atoms with Crippen molar-refractivity contribution in [1.82, 2.24) is 20.2 Å². The highest BCUT2D eigenvalue weighted by Gasteiger charge is 2.61. The number of H-pyrrole nitrogens is 1. The number of nitrogens with zero attached hydrogens (tertiary/aromatic N) is 3. The summed E-state index contributed by atoms with van der Waals surface area (Å²) in [5, 5.41) is 10.0. The van der Waals surface area contributed by atoms with E-state index in [1.807, 2.05) is 38.1 Å². The molecule has 3 aromatic heterocycles. The van der Waals surface area contributed by atoms with Crippen LogP contribution < -0.4 is 5.32 Å². The van der Waals surface area contributed by atoms with Gasteiger partial charge in [0.15, 0.2) is 0 Å². The van der Waals surface area contributed by atoms with E-state index in [-0.39, 0.29) is 5.82 Å². The predicted molar refractivity (Wildman–Crippen MR) is 116 cm³/mol. The van der Waals surface area contributed by atoms with Crippen molar-refractivity contribution < 1.29 is 13.6 Å². The Balaban J connectivity index is 1.55. The number of hydrogen-bond donors (Lipinski definition) is 2. The normalized spacial score (nSPS) is 18.1. The van der Waals surface area contributed by atoms with Gasteiger partial charge in [0, 0.05) is 42.0 Å². The van der Waals surface area contributed by atoms with E-state index in [4.69, 9.17) is 0 Å². The molecule has 3 heterocycles. The standard InChI is InChI=1S/C23H21F2N5O/c1-4-17(13(2)7-14(3)19-5-6-28-30-19)15-8-16-12-27-21(9-20(16)26-11-15)29-22(31)18-10-23(18,24)25/h4-9,11-12,18H,3,10H2,1-2H3,(H,28,30)(H,27,29,31)/b13-7-,17-4+. The van der Waals surface area contributed by atoms with E-state index < -0.39 is 24.2 Å². The molecule has 0 aliphatic heterocycles. The number of alkyl halides is 2. The third-order valence-electron chi connectivity index (χ3n) is 5.22. The number of aromatic nitrogens is 4. The van der Waals surface area contributed by atoms with Crippen LogP contribution in [0.25, 0.3) is 22.0 Å². The zero-order valence-electron chi connectivity index (χ0n) is 17.1. The van der Waals surface area contributed by atoms with E-state index in [2.05, 4.69) is 32.1 Å². The molecule has 1 aliphatic carbocycles. The summed E-state index contributed by atoms with van der Waals surface area (Å²) in [5.74, 6) is -4.70. The van der Waals surface area contributed by atoms with Gasteiger partial charge in [-0.15, -0.1) is 0 Å². The van der Waals surface area contributed by atoms with Crippen molar-refractivity contribution in [1.29, 1.82) is 0 Å². The van der Waals surface area contributed by atoms with Crippen LogP contribution in [0.15, 0.2) is 61.1 Å². The summed E-state index contributed by atoms with van der Waals surface area (Å²) in [6.45, 7) is 8.01. The van der Waals surface area contributed by atoms with Crippen molar-refractivity contribution in [3.05, 3.63) is 72.4 Å². The fraction of sp³-hybridized carbons (Fsp3) is 0.217. The summed E-state index contributed by atoms with van der Waals surface area (Å²) >= 11 is 0. The Hall–Kier alpha value is -3.68. The zero-order chi connectivity index (χ0) is 22.2. The van der Waals surface area contributed by atoms with Gasteiger partial charge >= 0.3 is 0 Å². The van der Waals surface area contributed by atoms with Crippen LogP contribution in [0.4, 0.5) is 14.6 Å². The van der Waals surface area contributed by atoms with Crippen molar-refractivity contribution in [2.45, 2.75) is 26.2 Å². The van der Waals surface area contributed by atoms with E-state index >= 15 is 0 Å². The highest BCUT2D eigenvalue weighted by atomic mass is 19.3. The quantitative estimate of drug-likeness (QED) is 0.548. The smallest absolute Gasteiger partial charge is 0.260 e. The van der Waals surface area contributed by atoms with Crippen molar-refractivity contribution in [3.63, 3.8) is 0 Å². The van der Waals surface area contributed by atoms with Crippen molar-refractivity contribution in [2.75, 3.05) is 5.32 Å². The van der Waals surface area contributed by atoms with Crippen LogP contribution in [0.5, 0.6) is 0 Å². The minimum absolute atomic E-state index is 0.207. The van der Waals surface area contributed by atoms with Crippen LogP contribution in [0.1, 0.15) is 31.5 Å². The van der Waals surface area contributed by atoms with Gasteiger partial charge in [-0.2, -0.15) is 5.10 Å². The lowest BCUT2D eigenvalue weighted by Gasteiger charge is -2.10. The maximum absolute atomic E-state index is 13.1. The third kappa shape index (κ3) is 4.28. The second-order valence-corrected chi connectivity index (χ2v) is 7.52. The van der Waals surface area contributed by atoms with E-state index in [1.165, 1.54) is 0 Å². The highest BCUT2D eigenvalue weighted by Crippen LogP contribution is 2.49. The number of hydrogen-bond acceptors (Lipinski definition) is 4. The second kappa shape index (κ2) is 7.86. The Morgan fingerprint density at radius 2 is 2.10 bits per heavy atom. The second-order valence-electron chi connectivity index (χ2n) is 7.52. The molecule has 8 heteroatoms. The van der Waals surface area contributed by atoms with E-state index in [0.29, 0.717) is 5.52 Å². The van der Waals surface area contributed by atoms with Gasteiger partial charge in [0.05, 0.1) is 11.2 Å². The Kier molecular flexibility index (Phi) is 5.22. The molecular weight excluding hydrogens is 400 g/mol. The molecule has 1 unspecified atom stereocenters. The van der Waals surface area contributed by atoms with Crippen LogP contribution in [-0.4, -0.2) is 32.0 Å². The lowest BCUT2D eigenvalue weighted by Crippen LogP contribution is -2.18. The molecule has 0 aromatic carbocycles. The average Bonchev–Trinajstić information content (AvgIpc) is 3.13. The van der Waals surface area contributed by atoms with Gasteiger partial charge in [-0.3, -0.25) is 14.9 Å². The maximum atomic E-state index is 13.1. The van der Waals surface area contributed by atoms with E-state index in [9.17, 15) is 13.6 Å². The SMILES string of the molecule is C=C(/C=C(C)\C(=C/C)c1cnc2cc(NC(=O)C3CC3(F)F)ncc2c1)c1ccn[nH]1. The molecule has 4 rings (SSSR count). The first-order valence-electron chi connectivity index (χ1n) is 9.77. The molecular formula is C23H21F2N5O. The van der Waals surface area contributed by atoms with Crippen molar-refractivity contribution in [2.24, 2.45) is 5.92 Å². The number of carbonyl (C=O) groups excluding carboxylic acids is 1. The average molecular weight is 421 g/mol. The molecule has 0 radical (unpaired) electrons. The minimum Gasteiger partial charge on any atom is -0.310 e. The number of carbonyl (C=O) groups is 1. The van der Waals surface area contributed by atoms with Crippen LogP contribution in [0, 0.1) is 5.92 Å². The monoisotopic (exact) mass is 421 g/mol. The van der Waals surface area contributed by atoms with E-state index in [1.54, 1.807) is 24.7 Å². The first-order valence-corrected chi connectivity index (χ1v) is 9.77. The number of amides is 1. The Bertz CT molecular complexity index is 1230. The number of pyridine rings is 2. The number of nitrogens with one attached hydrogen (secondary N) is 2. The number of anilines is 1. The first kappa shape index (κ1) is 20.6. The molecule has 1 saturated carbocycles. The number of rotatable bonds is 6. The molecule has 1 amide bonds. The first-order chi connectivity index (χ1) is 14.8. The molecule has 1 atom stereocenters. The molecule has 1 fully saturated rings. The minimum atomic E-state index is -2.91. The Morgan fingerprint density at radius 1 is 1.32 bits per heavy atom. The van der Waals surface area contributed by atoms with Gasteiger partial charge in [0.2, 0.25) is 5.91 Å². The summed E-state index contributed by atoms with van der Waals surface area (Å²) in [6, 6.07) is 5.38. The summed E-state index contributed by atoms with van der Waals surface area (Å²) in [4.78, 5) is 20.5. The third-order valence-corrected chi connectivity index (χ3v) is 5.22. The number of halogens is 2. The predicted octanol–water partition coefficient (Wildman–Crippen LogP) is 5.01. The fourth-order valence-electron chi connectivity index (χ4n) is 3.42. The summed E-state index contributed by atoms with van der Waals surface area (Å²) in [7, 11) is 0. The largest absolute Gasteiger partial charge is 0.310 e. The number of fused-ring (bicyclic) bond motifs is 1. The van der Waals surface area contributed by atoms with Crippen molar-refractivity contribution in [3.8, 4) is 0 Å². The van der Waals surface area contributed by atoms with Gasteiger partial charge in [0.1, 0.15) is 11.7 Å². The zero-order valence-corrected chi connectivity index (χ0v) is 17.1. The molecule has 0 saturated heterocycles. The molecule has 0 spiro atoms. The lowest BCUT2D eigenvalue weighted by atomic mass is 9.97. The van der Waals surface area contributed by atoms with E-state index in [0.717, 1.165) is 33.4 Å². The van der Waals surface area contributed by atoms with Crippen LogP contribution >= 0.6 is 0 Å². The summed E-state index contributed by atoms with van der Waals surface area (Å²) < 4.78 is 26.1. The summed E-state index contributed by atoms with van der Waals surface area (Å²) in [5.41, 5.74) is 5.15. The number of allylic oxidation sites excluding steroid dienone is 5. The van der Waals surface area contributed by atoms with Crippen LogP contribution in [0.2, 0.25) is 0 Å². The molecule has 0 bridgehead atoms. The topological polar surface area (TPSA) is 83.6 Å². The molecule has 6 nitrogen and oxygen atoms in total. The van der Waals surface area contributed by atoms with Gasteiger partial charge in [-0.25, -0.2) is 13.8 Å². The molecule has 1 aliphatic rings. The molecule has 3 aromatic rings. The molecule has 31 heavy (non-hydrogen) atoms.